The van der Waals surface area contributed by atoms with Crippen LogP contribution in [0, 0.1) is 0 Å². The van der Waals surface area contributed by atoms with E-state index < -0.39 is 22.7 Å². The molecule has 0 radical (unpaired) electrons. The fourth-order valence-corrected chi connectivity index (χ4v) is 2.57. The standard InChI is InChI=1S/C21H18O6/c22-11-4-12-26-15-6-3-5-14(13-15)9-10-17(23)19-20(24)16-7-1-2-8-18(16)27-21(19)25/h1-3,5-10,13,22,24H,4,11-12H2. The molecule has 0 aliphatic rings. The first-order chi connectivity index (χ1) is 13.1. The zero-order chi connectivity index (χ0) is 19.2. The second-order valence-corrected chi connectivity index (χ2v) is 5.80. The summed E-state index contributed by atoms with van der Waals surface area (Å²) in [6.07, 6.45) is 3.25. The van der Waals surface area contributed by atoms with E-state index in [1.165, 1.54) is 12.2 Å². The molecule has 138 valence electrons. The monoisotopic (exact) mass is 366 g/mol. The van der Waals surface area contributed by atoms with Crippen LogP contribution in [0.5, 0.6) is 11.5 Å². The Kier molecular flexibility index (Phi) is 5.68. The van der Waals surface area contributed by atoms with Crippen molar-refractivity contribution in [2.75, 3.05) is 13.2 Å². The van der Waals surface area contributed by atoms with Crippen molar-refractivity contribution in [2.45, 2.75) is 6.42 Å². The number of hydrogen-bond donors (Lipinski definition) is 2. The van der Waals surface area contributed by atoms with E-state index in [0.29, 0.717) is 29.7 Å². The number of carbonyl (C=O) groups is 1. The minimum absolute atomic E-state index is 0.0475. The number of aliphatic hydroxyl groups excluding tert-OH is 1. The van der Waals surface area contributed by atoms with Gasteiger partial charge in [0.15, 0.2) is 5.78 Å². The first-order valence-corrected chi connectivity index (χ1v) is 8.41. The van der Waals surface area contributed by atoms with Gasteiger partial charge in [-0.3, -0.25) is 4.79 Å². The van der Waals surface area contributed by atoms with Crippen molar-refractivity contribution in [2.24, 2.45) is 0 Å². The highest BCUT2D eigenvalue weighted by molar-refractivity contribution is 6.10. The van der Waals surface area contributed by atoms with Crippen LogP contribution in [0.4, 0.5) is 0 Å². The zero-order valence-corrected chi connectivity index (χ0v) is 14.4. The first kappa shape index (κ1) is 18.4. The third-order valence-corrected chi connectivity index (χ3v) is 3.89. The largest absolute Gasteiger partial charge is 0.506 e. The van der Waals surface area contributed by atoms with Gasteiger partial charge in [-0.1, -0.05) is 30.3 Å². The van der Waals surface area contributed by atoms with Gasteiger partial charge in [-0.25, -0.2) is 4.79 Å². The minimum Gasteiger partial charge on any atom is -0.506 e. The predicted molar refractivity (Wildman–Crippen MR) is 101 cm³/mol. The Morgan fingerprint density at radius 1 is 1.15 bits per heavy atom. The van der Waals surface area contributed by atoms with Crippen molar-refractivity contribution in [1.82, 2.24) is 0 Å². The third kappa shape index (κ3) is 4.24. The number of ketones is 1. The molecular formula is C21H18O6. The lowest BCUT2D eigenvalue weighted by molar-refractivity contribution is 0.104. The number of aliphatic hydroxyl groups is 1. The first-order valence-electron chi connectivity index (χ1n) is 8.41. The van der Waals surface area contributed by atoms with E-state index in [1.807, 2.05) is 0 Å². The highest BCUT2D eigenvalue weighted by Gasteiger charge is 2.18. The Hall–Kier alpha value is -3.38. The molecule has 0 amide bonds. The predicted octanol–water partition coefficient (Wildman–Crippen LogP) is 3.16. The fourth-order valence-electron chi connectivity index (χ4n) is 2.57. The van der Waals surface area contributed by atoms with Crippen LogP contribution < -0.4 is 10.4 Å². The summed E-state index contributed by atoms with van der Waals surface area (Å²) in [4.78, 5) is 24.5. The molecule has 2 N–H and O–H groups in total. The molecule has 0 fully saturated rings. The summed E-state index contributed by atoms with van der Waals surface area (Å²) in [6, 6.07) is 13.5. The maximum Gasteiger partial charge on any atom is 0.351 e. The van der Waals surface area contributed by atoms with Gasteiger partial charge in [0, 0.05) is 13.0 Å². The van der Waals surface area contributed by atoms with Crippen molar-refractivity contribution in [1.29, 1.82) is 0 Å². The Labute approximate surface area is 155 Å². The molecule has 0 aliphatic heterocycles. The molecule has 0 bridgehead atoms. The molecule has 0 saturated heterocycles. The Balaban J connectivity index is 1.84. The highest BCUT2D eigenvalue weighted by atomic mass is 16.5. The van der Waals surface area contributed by atoms with Crippen molar-refractivity contribution < 1.29 is 24.2 Å². The van der Waals surface area contributed by atoms with Crippen molar-refractivity contribution in [3.63, 3.8) is 0 Å². The molecule has 0 spiro atoms. The molecule has 0 atom stereocenters. The quantitative estimate of drug-likeness (QED) is 0.289. The van der Waals surface area contributed by atoms with Gasteiger partial charge >= 0.3 is 5.63 Å². The summed E-state index contributed by atoms with van der Waals surface area (Å²) in [7, 11) is 0. The number of fused-ring (bicyclic) bond motifs is 1. The molecule has 3 aromatic rings. The van der Waals surface area contributed by atoms with Crippen LogP contribution >= 0.6 is 0 Å². The fraction of sp³-hybridized carbons (Fsp3) is 0.143. The number of ether oxygens (including phenoxy) is 1. The SMILES string of the molecule is O=C(C=Cc1cccc(OCCCO)c1)c1c(O)c2ccccc2oc1=O. The maximum atomic E-state index is 12.4. The van der Waals surface area contributed by atoms with E-state index in [9.17, 15) is 14.7 Å². The van der Waals surface area contributed by atoms with Crippen LogP contribution in [0.3, 0.4) is 0 Å². The van der Waals surface area contributed by atoms with E-state index >= 15 is 0 Å². The van der Waals surface area contributed by atoms with E-state index in [0.717, 1.165) is 0 Å². The van der Waals surface area contributed by atoms with Gasteiger partial charge in [-0.2, -0.15) is 0 Å². The van der Waals surface area contributed by atoms with Crippen LogP contribution in [0.2, 0.25) is 0 Å². The number of aromatic hydroxyl groups is 1. The molecule has 2 aromatic carbocycles. The molecule has 27 heavy (non-hydrogen) atoms. The summed E-state index contributed by atoms with van der Waals surface area (Å²) >= 11 is 0. The van der Waals surface area contributed by atoms with Crippen molar-refractivity contribution in [3.05, 3.63) is 76.2 Å². The van der Waals surface area contributed by atoms with E-state index in [1.54, 1.807) is 48.5 Å². The number of rotatable bonds is 7. The maximum absolute atomic E-state index is 12.4. The molecule has 0 aliphatic carbocycles. The minimum atomic E-state index is -0.887. The normalized spacial score (nSPS) is 11.1. The molecule has 1 heterocycles. The van der Waals surface area contributed by atoms with Crippen LogP contribution in [-0.2, 0) is 0 Å². The van der Waals surface area contributed by atoms with E-state index in [4.69, 9.17) is 14.3 Å². The van der Waals surface area contributed by atoms with Gasteiger partial charge in [-0.05, 0) is 35.9 Å². The molecule has 0 unspecified atom stereocenters. The smallest absolute Gasteiger partial charge is 0.351 e. The van der Waals surface area contributed by atoms with Gasteiger partial charge < -0.3 is 19.4 Å². The van der Waals surface area contributed by atoms with Gasteiger partial charge in [0.05, 0.1) is 12.0 Å². The van der Waals surface area contributed by atoms with E-state index in [2.05, 4.69) is 0 Å². The molecule has 0 saturated carbocycles. The molecule has 3 rings (SSSR count). The second-order valence-electron chi connectivity index (χ2n) is 5.80. The third-order valence-electron chi connectivity index (χ3n) is 3.89. The summed E-state index contributed by atoms with van der Waals surface area (Å²) in [5.41, 5.74) is -0.384. The lowest BCUT2D eigenvalue weighted by atomic mass is 10.1. The van der Waals surface area contributed by atoms with Crippen LogP contribution in [0.25, 0.3) is 17.0 Å². The Morgan fingerprint density at radius 3 is 2.78 bits per heavy atom. The zero-order valence-electron chi connectivity index (χ0n) is 14.4. The van der Waals surface area contributed by atoms with Crippen LogP contribution in [0.15, 0.2) is 63.8 Å². The summed E-state index contributed by atoms with van der Waals surface area (Å²) in [6.45, 7) is 0.431. The summed E-state index contributed by atoms with van der Waals surface area (Å²) in [5.74, 6) is -0.442. The Bertz CT molecular complexity index is 1050. The number of carbonyl (C=O) groups excluding carboxylic acids is 1. The second kappa shape index (κ2) is 8.33. The number of hydrogen-bond acceptors (Lipinski definition) is 6. The van der Waals surface area contributed by atoms with Gasteiger partial charge in [0.2, 0.25) is 0 Å². The number of allylic oxidation sites excluding steroid dienone is 1. The molecule has 1 aromatic heterocycles. The lowest BCUT2D eigenvalue weighted by Crippen LogP contribution is -2.12. The van der Waals surface area contributed by atoms with Gasteiger partial charge in [-0.15, -0.1) is 0 Å². The average Bonchev–Trinajstić information content (AvgIpc) is 2.67. The molecular weight excluding hydrogens is 348 g/mol. The van der Waals surface area contributed by atoms with Crippen molar-refractivity contribution in [3.8, 4) is 11.5 Å². The van der Waals surface area contributed by atoms with Crippen molar-refractivity contribution >= 4 is 22.8 Å². The van der Waals surface area contributed by atoms with Crippen LogP contribution in [-0.4, -0.2) is 29.2 Å². The van der Waals surface area contributed by atoms with Gasteiger partial charge in [0.25, 0.3) is 0 Å². The Morgan fingerprint density at radius 2 is 1.96 bits per heavy atom. The molecule has 6 heteroatoms. The van der Waals surface area contributed by atoms with Gasteiger partial charge in [0.1, 0.15) is 22.6 Å². The van der Waals surface area contributed by atoms with Crippen LogP contribution in [0.1, 0.15) is 22.3 Å². The molecule has 6 nitrogen and oxygen atoms in total. The lowest BCUT2D eigenvalue weighted by Gasteiger charge is -2.05. The van der Waals surface area contributed by atoms with E-state index in [-0.39, 0.29) is 12.2 Å². The average molecular weight is 366 g/mol. The summed E-state index contributed by atoms with van der Waals surface area (Å²) in [5, 5.41) is 19.4. The summed E-state index contributed by atoms with van der Waals surface area (Å²) < 4.78 is 10.6. The number of benzene rings is 2. The topological polar surface area (TPSA) is 97.0 Å². The number of para-hydroxylation sites is 1. The highest BCUT2D eigenvalue weighted by Crippen LogP contribution is 2.26.